The minimum absolute atomic E-state index is 0.0723. The lowest BCUT2D eigenvalue weighted by Gasteiger charge is -2.40. The first-order chi connectivity index (χ1) is 15.4. The van der Waals surface area contributed by atoms with Crippen molar-refractivity contribution >= 4 is 22.0 Å². The van der Waals surface area contributed by atoms with Crippen LogP contribution in [0.1, 0.15) is 22.3 Å². The first-order valence-corrected chi connectivity index (χ1v) is 11.0. The van der Waals surface area contributed by atoms with Crippen LogP contribution in [0, 0.1) is 24.4 Å². The first kappa shape index (κ1) is 20.8. The van der Waals surface area contributed by atoms with Gasteiger partial charge in [-0.1, -0.05) is 29.5 Å². The second-order valence-electron chi connectivity index (χ2n) is 7.69. The molecule has 0 amide bonds. The molecule has 1 aliphatic rings. The quantitative estimate of drug-likeness (QED) is 0.497. The van der Waals surface area contributed by atoms with E-state index in [2.05, 4.69) is 15.0 Å². The third-order valence-electron chi connectivity index (χ3n) is 5.69. The van der Waals surface area contributed by atoms with E-state index < -0.39 is 17.7 Å². The number of rotatable bonds is 4. The van der Waals surface area contributed by atoms with Crippen LogP contribution in [0.4, 0.5) is 18.9 Å². The van der Waals surface area contributed by atoms with E-state index in [1.807, 2.05) is 4.90 Å². The number of thiazole rings is 1. The van der Waals surface area contributed by atoms with Crippen molar-refractivity contribution in [3.63, 3.8) is 0 Å². The van der Waals surface area contributed by atoms with E-state index in [-0.39, 0.29) is 11.7 Å². The zero-order valence-corrected chi connectivity index (χ0v) is 18.0. The van der Waals surface area contributed by atoms with E-state index in [1.54, 1.807) is 25.1 Å². The van der Waals surface area contributed by atoms with Crippen LogP contribution in [-0.2, 0) is 0 Å². The first-order valence-electron chi connectivity index (χ1n) is 10.2. The van der Waals surface area contributed by atoms with Crippen LogP contribution in [0.5, 0.6) is 5.88 Å². The molecule has 32 heavy (non-hydrogen) atoms. The van der Waals surface area contributed by atoms with Gasteiger partial charge < -0.3 is 10.0 Å². The van der Waals surface area contributed by atoms with Crippen molar-refractivity contribution in [1.29, 1.82) is 0 Å². The summed E-state index contributed by atoms with van der Waals surface area (Å²) in [7, 11) is 0. The highest BCUT2D eigenvalue weighted by molar-refractivity contribution is 7.17. The second kappa shape index (κ2) is 8.10. The molecule has 10 heteroatoms. The van der Waals surface area contributed by atoms with E-state index in [0.29, 0.717) is 53.1 Å². The molecular weight excluding hydrogens is 439 g/mol. The SMILES string of the molecule is Cc1nc2sc([C@@H](c3ccc(F)c(F)c3)N3CCN(c4ccccc4F)CC3)c(O)n2n1. The summed E-state index contributed by atoms with van der Waals surface area (Å²) in [4.78, 5) is 9.41. The van der Waals surface area contributed by atoms with Gasteiger partial charge in [0.2, 0.25) is 10.8 Å². The van der Waals surface area contributed by atoms with Gasteiger partial charge in [0.1, 0.15) is 11.6 Å². The Balaban J connectivity index is 1.50. The number of halogens is 3. The molecule has 5 rings (SSSR count). The average Bonchev–Trinajstić information content (AvgIpc) is 3.29. The van der Waals surface area contributed by atoms with Gasteiger partial charge in [0.15, 0.2) is 11.6 Å². The van der Waals surface area contributed by atoms with Gasteiger partial charge in [-0.3, -0.25) is 4.90 Å². The molecule has 1 atom stereocenters. The molecule has 0 unspecified atom stereocenters. The molecule has 0 spiro atoms. The van der Waals surface area contributed by atoms with Crippen LogP contribution in [0.2, 0.25) is 0 Å². The molecule has 0 aliphatic carbocycles. The fourth-order valence-electron chi connectivity index (χ4n) is 4.17. The Morgan fingerprint density at radius 2 is 1.72 bits per heavy atom. The Morgan fingerprint density at radius 1 is 0.969 bits per heavy atom. The fourth-order valence-corrected chi connectivity index (χ4v) is 5.33. The lowest BCUT2D eigenvalue weighted by molar-refractivity contribution is 0.210. The van der Waals surface area contributed by atoms with Crippen LogP contribution in [0.25, 0.3) is 4.96 Å². The van der Waals surface area contributed by atoms with E-state index in [9.17, 15) is 18.3 Å². The number of aromatic hydroxyl groups is 1. The monoisotopic (exact) mass is 459 g/mol. The van der Waals surface area contributed by atoms with Crippen molar-refractivity contribution in [2.45, 2.75) is 13.0 Å². The maximum Gasteiger partial charge on any atom is 0.230 e. The minimum Gasteiger partial charge on any atom is -0.492 e. The van der Waals surface area contributed by atoms with Crippen LogP contribution in [0.15, 0.2) is 42.5 Å². The third-order valence-corrected chi connectivity index (χ3v) is 6.76. The number of hydrogen-bond donors (Lipinski definition) is 1. The number of anilines is 1. The molecule has 6 nitrogen and oxygen atoms in total. The lowest BCUT2D eigenvalue weighted by atomic mass is 10.0. The van der Waals surface area contributed by atoms with Crippen LogP contribution in [0.3, 0.4) is 0 Å². The van der Waals surface area contributed by atoms with Gasteiger partial charge in [-0.05, 0) is 36.8 Å². The number of para-hydroxylation sites is 1. The fraction of sp³-hybridized carbons (Fsp3) is 0.273. The number of hydrogen-bond acceptors (Lipinski definition) is 6. The molecule has 166 valence electrons. The highest BCUT2D eigenvalue weighted by Gasteiger charge is 2.32. The Morgan fingerprint density at radius 3 is 2.41 bits per heavy atom. The summed E-state index contributed by atoms with van der Waals surface area (Å²) in [6, 6.07) is 9.86. The molecule has 2 aromatic heterocycles. The predicted molar refractivity (Wildman–Crippen MR) is 116 cm³/mol. The van der Waals surface area contributed by atoms with Gasteiger partial charge in [-0.25, -0.2) is 18.2 Å². The number of aromatic nitrogens is 3. The van der Waals surface area contributed by atoms with Crippen LogP contribution >= 0.6 is 11.3 Å². The maximum atomic E-state index is 14.2. The van der Waals surface area contributed by atoms with Crippen molar-refractivity contribution < 1.29 is 18.3 Å². The minimum atomic E-state index is -0.952. The van der Waals surface area contributed by atoms with Gasteiger partial charge in [-0.2, -0.15) is 4.52 Å². The summed E-state index contributed by atoms with van der Waals surface area (Å²) in [5.41, 5.74) is 1.05. The molecule has 2 aromatic carbocycles. The molecule has 1 N–H and O–H groups in total. The molecule has 4 aromatic rings. The average molecular weight is 459 g/mol. The predicted octanol–water partition coefficient (Wildman–Crippen LogP) is 4.13. The lowest BCUT2D eigenvalue weighted by Crippen LogP contribution is -2.48. The summed E-state index contributed by atoms with van der Waals surface area (Å²) >= 11 is 1.26. The van der Waals surface area contributed by atoms with Crippen molar-refractivity contribution in [2.75, 3.05) is 31.1 Å². The van der Waals surface area contributed by atoms with Crippen molar-refractivity contribution in [3.05, 3.63) is 76.2 Å². The molecule has 1 aliphatic heterocycles. The smallest absolute Gasteiger partial charge is 0.230 e. The Bertz CT molecular complexity index is 1280. The molecule has 0 saturated carbocycles. The highest BCUT2D eigenvalue weighted by Crippen LogP contribution is 2.40. The van der Waals surface area contributed by atoms with Crippen LogP contribution < -0.4 is 4.90 Å². The zero-order chi connectivity index (χ0) is 22.4. The van der Waals surface area contributed by atoms with Crippen LogP contribution in [-0.4, -0.2) is 50.8 Å². The van der Waals surface area contributed by atoms with Gasteiger partial charge in [0.05, 0.1) is 16.6 Å². The van der Waals surface area contributed by atoms with Crippen molar-refractivity contribution in [2.24, 2.45) is 0 Å². The summed E-state index contributed by atoms with van der Waals surface area (Å²) in [6.45, 7) is 3.88. The van der Waals surface area contributed by atoms with E-state index in [1.165, 1.54) is 28.0 Å². The Kier molecular flexibility index (Phi) is 5.26. The van der Waals surface area contributed by atoms with E-state index >= 15 is 0 Å². The normalized spacial score (nSPS) is 16.1. The van der Waals surface area contributed by atoms with Gasteiger partial charge in [-0.15, -0.1) is 5.10 Å². The maximum absolute atomic E-state index is 14.2. The number of benzene rings is 2. The number of aryl methyl sites for hydroxylation is 1. The summed E-state index contributed by atoms with van der Waals surface area (Å²) in [5, 5.41) is 15.1. The topological polar surface area (TPSA) is 56.9 Å². The highest BCUT2D eigenvalue weighted by atomic mass is 32.1. The van der Waals surface area contributed by atoms with E-state index in [0.717, 1.165) is 12.1 Å². The molecule has 0 bridgehead atoms. The summed E-state index contributed by atoms with van der Waals surface area (Å²) < 4.78 is 43.3. The molecule has 0 radical (unpaired) electrons. The zero-order valence-electron chi connectivity index (χ0n) is 17.2. The van der Waals surface area contributed by atoms with E-state index in [4.69, 9.17) is 0 Å². The van der Waals surface area contributed by atoms with Gasteiger partial charge in [0, 0.05) is 26.2 Å². The molecule has 3 heterocycles. The number of nitrogens with zero attached hydrogens (tertiary/aromatic N) is 5. The van der Waals surface area contributed by atoms with Gasteiger partial charge in [0.25, 0.3) is 0 Å². The summed E-state index contributed by atoms with van der Waals surface area (Å²) in [6.07, 6.45) is 0. The molecular formula is C22H20F3N5OS. The van der Waals surface area contributed by atoms with Crippen molar-refractivity contribution in [1.82, 2.24) is 19.5 Å². The van der Waals surface area contributed by atoms with Gasteiger partial charge >= 0.3 is 0 Å². The summed E-state index contributed by atoms with van der Waals surface area (Å²) in [5.74, 6) is -1.71. The third kappa shape index (κ3) is 3.59. The number of piperazine rings is 1. The Hall–Kier alpha value is -3.11. The number of fused-ring (bicyclic) bond motifs is 1. The second-order valence-corrected chi connectivity index (χ2v) is 8.70. The largest absolute Gasteiger partial charge is 0.492 e. The molecule has 1 fully saturated rings. The molecule has 1 saturated heterocycles. The Labute approximate surface area is 186 Å². The standard InChI is InChI=1S/C22H20F3N5OS/c1-13-26-22-30(27-13)21(31)20(32-22)19(14-6-7-15(23)17(25)12-14)29-10-8-28(9-11-29)18-5-3-2-4-16(18)24/h2-7,12,19,31H,8-11H2,1H3/t19-/m1/s1. The van der Waals surface area contributed by atoms with Crippen molar-refractivity contribution in [3.8, 4) is 5.88 Å².